The monoisotopic (exact) mass is 488 g/mol. The third-order valence-corrected chi connectivity index (χ3v) is 5.10. The number of rotatable bonds is 14. The van der Waals surface area contributed by atoms with E-state index < -0.39 is 85.0 Å². The van der Waals surface area contributed by atoms with Gasteiger partial charge in [0.2, 0.25) is 17.7 Å². The fraction of sp³-hybridized carbons (Fsp3) is 0.632. The van der Waals surface area contributed by atoms with Crippen LogP contribution in [0.2, 0.25) is 0 Å². The van der Waals surface area contributed by atoms with Crippen molar-refractivity contribution in [2.24, 2.45) is 5.73 Å². The van der Waals surface area contributed by atoms with Gasteiger partial charge in [-0.3, -0.25) is 28.8 Å². The highest BCUT2D eigenvalue weighted by Crippen LogP contribution is 2.20. The minimum Gasteiger partial charge on any atom is -0.481 e. The Morgan fingerprint density at radius 3 is 1.97 bits per heavy atom. The molecular formula is C19H28N4O11. The van der Waals surface area contributed by atoms with Crippen LogP contribution in [0.4, 0.5) is 0 Å². The Morgan fingerprint density at radius 1 is 0.853 bits per heavy atom. The van der Waals surface area contributed by atoms with Crippen molar-refractivity contribution in [3.05, 3.63) is 0 Å². The van der Waals surface area contributed by atoms with Crippen LogP contribution in [-0.2, 0) is 33.6 Å². The molecule has 4 unspecified atom stereocenters. The Hall–Kier alpha value is -3.75. The smallest absolute Gasteiger partial charge is 0.326 e. The average Bonchev–Trinajstić information content (AvgIpc) is 3.23. The topological polar surface area (TPSA) is 254 Å². The molecule has 0 aliphatic carbocycles. The summed E-state index contributed by atoms with van der Waals surface area (Å²) in [5.41, 5.74) is 5.64. The van der Waals surface area contributed by atoms with Gasteiger partial charge >= 0.3 is 23.9 Å². The van der Waals surface area contributed by atoms with Crippen LogP contribution >= 0.6 is 0 Å². The third-order valence-electron chi connectivity index (χ3n) is 5.10. The summed E-state index contributed by atoms with van der Waals surface area (Å²) in [6, 6.07) is -5.55. The lowest BCUT2D eigenvalue weighted by molar-refractivity contribution is -0.148. The number of nitrogens with one attached hydrogen (secondary N) is 2. The Balaban J connectivity index is 2.97. The summed E-state index contributed by atoms with van der Waals surface area (Å²) in [7, 11) is 0. The molecule has 0 bridgehead atoms. The molecule has 15 heteroatoms. The van der Waals surface area contributed by atoms with E-state index in [0.29, 0.717) is 6.42 Å². The number of aliphatic carboxylic acids is 4. The second kappa shape index (κ2) is 13.1. The third kappa shape index (κ3) is 9.01. The van der Waals surface area contributed by atoms with Crippen molar-refractivity contribution in [3.8, 4) is 0 Å². The minimum absolute atomic E-state index is 0.0537. The van der Waals surface area contributed by atoms with E-state index in [4.69, 9.17) is 26.2 Å². The molecule has 1 aliphatic rings. The normalized spacial score (nSPS) is 17.8. The summed E-state index contributed by atoms with van der Waals surface area (Å²) in [5.74, 6) is -8.05. The molecule has 1 fully saturated rings. The van der Waals surface area contributed by atoms with Crippen LogP contribution in [-0.4, -0.2) is 97.6 Å². The zero-order chi connectivity index (χ0) is 26.0. The highest BCUT2D eigenvalue weighted by molar-refractivity contribution is 5.95. The predicted molar refractivity (Wildman–Crippen MR) is 110 cm³/mol. The molecule has 4 atom stereocenters. The van der Waals surface area contributed by atoms with Crippen LogP contribution < -0.4 is 16.4 Å². The quantitative estimate of drug-likeness (QED) is 0.135. The van der Waals surface area contributed by atoms with Gasteiger partial charge in [0.25, 0.3) is 0 Å². The molecule has 1 saturated heterocycles. The summed E-state index contributed by atoms with van der Waals surface area (Å²) in [6.07, 6.45) is -1.88. The summed E-state index contributed by atoms with van der Waals surface area (Å²) in [5, 5.41) is 40.0. The molecule has 0 radical (unpaired) electrons. The van der Waals surface area contributed by atoms with E-state index in [-0.39, 0.29) is 25.8 Å². The molecule has 8 N–H and O–H groups in total. The Labute approximate surface area is 193 Å². The first kappa shape index (κ1) is 28.3. The van der Waals surface area contributed by atoms with Gasteiger partial charge in [0.15, 0.2) is 0 Å². The van der Waals surface area contributed by atoms with Crippen molar-refractivity contribution in [1.29, 1.82) is 0 Å². The molecule has 34 heavy (non-hydrogen) atoms. The minimum atomic E-state index is -1.72. The van der Waals surface area contributed by atoms with Gasteiger partial charge in [-0.1, -0.05) is 0 Å². The largest absolute Gasteiger partial charge is 0.481 e. The maximum atomic E-state index is 13.1. The Kier molecular flexibility index (Phi) is 10.9. The van der Waals surface area contributed by atoms with Crippen LogP contribution in [0, 0.1) is 0 Å². The molecule has 0 aromatic carbocycles. The zero-order valence-electron chi connectivity index (χ0n) is 18.1. The lowest BCUT2D eigenvalue weighted by atomic mass is 10.1. The second-order valence-corrected chi connectivity index (χ2v) is 7.72. The summed E-state index contributed by atoms with van der Waals surface area (Å²) in [4.78, 5) is 82.8. The van der Waals surface area contributed by atoms with Gasteiger partial charge in [0, 0.05) is 19.4 Å². The molecule has 0 aromatic rings. The first-order chi connectivity index (χ1) is 15.8. The molecular weight excluding hydrogens is 460 g/mol. The number of likely N-dealkylation sites (tertiary alicyclic amines) is 1. The summed E-state index contributed by atoms with van der Waals surface area (Å²) < 4.78 is 0. The van der Waals surface area contributed by atoms with Gasteiger partial charge in [0.05, 0.1) is 12.5 Å². The number of carbonyl (C=O) groups is 7. The molecule has 0 spiro atoms. The number of nitrogens with zero attached hydrogens (tertiary/aromatic N) is 1. The predicted octanol–water partition coefficient (Wildman–Crippen LogP) is -2.44. The number of carbonyl (C=O) groups excluding carboxylic acids is 3. The van der Waals surface area contributed by atoms with Gasteiger partial charge in [-0.05, 0) is 25.7 Å². The van der Waals surface area contributed by atoms with Crippen molar-refractivity contribution in [2.75, 3.05) is 6.54 Å². The van der Waals surface area contributed by atoms with Gasteiger partial charge in [-0.25, -0.2) is 4.79 Å². The van der Waals surface area contributed by atoms with Crippen molar-refractivity contribution in [3.63, 3.8) is 0 Å². The fourth-order valence-corrected chi connectivity index (χ4v) is 3.36. The molecule has 0 aromatic heterocycles. The van der Waals surface area contributed by atoms with Crippen LogP contribution in [0.5, 0.6) is 0 Å². The number of nitrogens with two attached hydrogens (primary N) is 1. The van der Waals surface area contributed by atoms with E-state index in [9.17, 15) is 33.6 Å². The van der Waals surface area contributed by atoms with Crippen molar-refractivity contribution in [1.82, 2.24) is 15.5 Å². The SMILES string of the molecule is NC(CCC(=O)O)C(=O)NC(CCC(=O)O)C(=O)N1CCCC1C(=O)NC(CC(=O)O)C(=O)O. The van der Waals surface area contributed by atoms with E-state index in [0.717, 1.165) is 4.90 Å². The molecule has 1 aliphatic heterocycles. The molecule has 1 rings (SSSR count). The Morgan fingerprint density at radius 2 is 1.44 bits per heavy atom. The first-order valence-electron chi connectivity index (χ1n) is 10.4. The molecule has 3 amide bonds. The number of amides is 3. The van der Waals surface area contributed by atoms with E-state index in [1.165, 1.54) is 0 Å². The maximum absolute atomic E-state index is 13.1. The molecule has 190 valence electrons. The number of hydrogen-bond donors (Lipinski definition) is 7. The number of hydrogen-bond acceptors (Lipinski definition) is 8. The van der Waals surface area contributed by atoms with Crippen LogP contribution in [0.3, 0.4) is 0 Å². The fourth-order valence-electron chi connectivity index (χ4n) is 3.36. The molecule has 15 nitrogen and oxygen atoms in total. The highest BCUT2D eigenvalue weighted by Gasteiger charge is 2.39. The first-order valence-corrected chi connectivity index (χ1v) is 10.4. The van der Waals surface area contributed by atoms with Crippen LogP contribution in [0.15, 0.2) is 0 Å². The van der Waals surface area contributed by atoms with E-state index in [1.807, 2.05) is 0 Å². The van der Waals surface area contributed by atoms with E-state index in [1.54, 1.807) is 0 Å². The standard InChI is InChI=1S/C19H28N4O11/c20-9(3-5-13(24)25)16(30)21-10(4-6-14(26)27)18(32)23-7-1-2-12(23)17(31)22-11(19(33)34)8-15(28)29/h9-12H,1-8,20H2,(H,21,30)(H,22,31)(H,24,25)(H,26,27)(H,28,29)(H,33,34). The van der Waals surface area contributed by atoms with Crippen LogP contribution in [0.1, 0.15) is 44.9 Å². The van der Waals surface area contributed by atoms with Gasteiger partial charge in [0.1, 0.15) is 18.1 Å². The lowest BCUT2D eigenvalue weighted by Gasteiger charge is -2.29. The van der Waals surface area contributed by atoms with Crippen molar-refractivity contribution < 1.29 is 54.0 Å². The Bertz CT molecular complexity index is 831. The van der Waals surface area contributed by atoms with Gasteiger partial charge in [-0.2, -0.15) is 0 Å². The molecule has 0 saturated carbocycles. The zero-order valence-corrected chi connectivity index (χ0v) is 18.1. The lowest BCUT2D eigenvalue weighted by Crippen LogP contribution is -2.57. The van der Waals surface area contributed by atoms with E-state index >= 15 is 0 Å². The highest BCUT2D eigenvalue weighted by atomic mass is 16.4. The average molecular weight is 488 g/mol. The second-order valence-electron chi connectivity index (χ2n) is 7.72. The maximum Gasteiger partial charge on any atom is 0.326 e. The van der Waals surface area contributed by atoms with Gasteiger partial charge in [-0.15, -0.1) is 0 Å². The number of carboxylic acids is 4. The number of carboxylic acid groups (broad SMARTS) is 4. The molecule has 1 heterocycles. The van der Waals surface area contributed by atoms with Crippen LogP contribution in [0.25, 0.3) is 0 Å². The van der Waals surface area contributed by atoms with E-state index in [2.05, 4.69) is 10.6 Å². The van der Waals surface area contributed by atoms with Crippen molar-refractivity contribution in [2.45, 2.75) is 69.1 Å². The van der Waals surface area contributed by atoms with Crippen molar-refractivity contribution >= 4 is 41.6 Å². The summed E-state index contributed by atoms with van der Waals surface area (Å²) in [6.45, 7) is 0.0537. The van der Waals surface area contributed by atoms with Gasteiger partial charge < -0.3 is 41.7 Å². The summed E-state index contributed by atoms with van der Waals surface area (Å²) >= 11 is 0.